The van der Waals surface area contributed by atoms with E-state index in [2.05, 4.69) is 19.9 Å². The molecule has 0 fully saturated rings. The Hall–Kier alpha value is -1.65. The van der Waals surface area contributed by atoms with Crippen LogP contribution in [0.4, 0.5) is 0 Å². The standard InChI is InChI=1S/C7H8N4O/c1-2-4-3-8-5-6(9-4)11-7(12)10-5/h3H,2H2,1H3,(H2,8,9,10,11,12). The van der Waals surface area contributed by atoms with E-state index in [1.807, 2.05) is 6.92 Å². The molecule has 0 atom stereocenters. The number of fused-ring (bicyclic) bond motifs is 1. The van der Waals surface area contributed by atoms with Crippen LogP contribution in [-0.2, 0) is 6.42 Å². The minimum absolute atomic E-state index is 0.266. The molecule has 2 heterocycles. The highest BCUT2D eigenvalue weighted by Crippen LogP contribution is 2.00. The summed E-state index contributed by atoms with van der Waals surface area (Å²) >= 11 is 0. The van der Waals surface area contributed by atoms with Crippen LogP contribution in [0.15, 0.2) is 11.0 Å². The number of aromatic nitrogens is 4. The summed E-state index contributed by atoms with van der Waals surface area (Å²) in [5.74, 6) is 0. The lowest BCUT2D eigenvalue weighted by molar-refractivity contribution is 1.02. The van der Waals surface area contributed by atoms with Gasteiger partial charge in [0, 0.05) is 0 Å². The maximum atomic E-state index is 10.8. The third kappa shape index (κ3) is 0.990. The first kappa shape index (κ1) is 7.02. The molecule has 2 aromatic rings. The van der Waals surface area contributed by atoms with Crippen molar-refractivity contribution >= 4 is 11.3 Å². The Morgan fingerprint density at radius 2 is 2.17 bits per heavy atom. The van der Waals surface area contributed by atoms with E-state index in [1.54, 1.807) is 6.20 Å². The molecule has 0 aliphatic carbocycles. The fraction of sp³-hybridized carbons (Fsp3) is 0.286. The molecule has 0 unspecified atom stereocenters. The van der Waals surface area contributed by atoms with E-state index in [-0.39, 0.29) is 5.69 Å². The Kier molecular flexibility index (Phi) is 1.43. The monoisotopic (exact) mass is 164 g/mol. The first-order valence-electron chi connectivity index (χ1n) is 3.73. The van der Waals surface area contributed by atoms with E-state index in [9.17, 15) is 4.79 Å². The molecule has 2 N–H and O–H groups in total. The topological polar surface area (TPSA) is 74.4 Å². The quantitative estimate of drug-likeness (QED) is 0.632. The van der Waals surface area contributed by atoms with Crippen LogP contribution in [0.3, 0.4) is 0 Å². The van der Waals surface area contributed by atoms with Crippen LogP contribution in [0.2, 0.25) is 0 Å². The first-order valence-corrected chi connectivity index (χ1v) is 3.73. The smallest absolute Gasteiger partial charge is 0.289 e. The summed E-state index contributed by atoms with van der Waals surface area (Å²) in [5.41, 5.74) is 1.65. The maximum absolute atomic E-state index is 10.8. The van der Waals surface area contributed by atoms with Crippen LogP contribution in [0.25, 0.3) is 11.3 Å². The van der Waals surface area contributed by atoms with Crippen molar-refractivity contribution < 1.29 is 0 Å². The van der Waals surface area contributed by atoms with Gasteiger partial charge in [-0.25, -0.2) is 14.8 Å². The molecule has 5 heteroatoms. The molecule has 0 saturated heterocycles. The maximum Gasteiger partial charge on any atom is 0.326 e. The SMILES string of the molecule is CCc1cnc2[nH]c(=O)[nH]c2n1. The van der Waals surface area contributed by atoms with Crippen LogP contribution in [-0.4, -0.2) is 19.9 Å². The second kappa shape index (κ2) is 2.44. The minimum Gasteiger partial charge on any atom is -0.289 e. The molecule has 0 spiro atoms. The highest BCUT2D eigenvalue weighted by atomic mass is 16.1. The van der Waals surface area contributed by atoms with Crippen molar-refractivity contribution in [2.75, 3.05) is 0 Å². The number of hydrogen-bond acceptors (Lipinski definition) is 3. The molecule has 0 radical (unpaired) electrons. The minimum atomic E-state index is -0.266. The van der Waals surface area contributed by atoms with Gasteiger partial charge in [0.2, 0.25) is 0 Å². The van der Waals surface area contributed by atoms with E-state index in [0.29, 0.717) is 11.3 Å². The summed E-state index contributed by atoms with van der Waals surface area (Å²) in [6.45, 7) is 1.99. The average Bonchev–Trinajstić information content (AvgIpc) is 2.43. The average molecular weight is 164 g/mol. The summed E-state index contributed by atoms with van der Waals surface area (Å²) in [5, 5.41) is 0. The second-order valence-electron chi connectivity index (χ2n) is 2.49. The number of hydrogen-bond donors (Lipinski definition) is 2. The van der Waals surface area contributed by atoms with Crippen molar-refractivity contribution in [1.82, 2.24) is 19.9 Å². The van der Waals surface area contributed by atoms with Gasteiger partial charge in [-0.2, -0.15) is 0 Å². The van der Waals surface area contributed by atoms with Crippen molar-refractivity contribution in [1.29, 1.82) is 0 Å². The Morgan fingerprint density at radius 1 is 1.42 bits per heavy atom. The highest BCUT2D eigenvalue weighted by Gasteiger charge is 2.00. The highest BCUT2D eigenvalue weighted by molar-refractivity contribution is 5.63. The van der Waals surface area contributed by atoms with Gasteiger partial charge in [0.1, 0.15) is 0 Å². The van der Waals surface area contributed by atoms with Gasteiger partial charge in [0.05, 0.1) is 11.9 Å². The van der Waals surface area contributed by atoms with Gasteiger partial charge in [-0.15, -0.1) is 0 Å². The van der Waals surface area contributed by atoms with Gasteiger partial charge in [0.15, 0.2) is 11.3 Å². The summed E-state index contributed by atoms with van der Waals surface area (Å²) < 4.78 is 0. The van der Waals surface area contributed by atoms with Crippen LogP contribution < -0.4 is 5.69 Å². The normalized spacial score (nSPS) is 10.8. The van der Waals surface area contributed by atoms with Crippen LogP contribution >= 0.6 is 0 Å². The summed E-state index contributed by atoms with van der Waals surface area (Å²) in [6.07, 6.45) is 2.47. The number of imidazole rings is 1. The fourth-order valence-electron chi connectivity index (χ4n) is 1.02. The number of nitrogens with one attached hydrogen (secondary N) is 2. The Bertz CT molecular complexity index is 456. The second-order valence-corrected chi connectivity index (χ2v) is 2.49. The van der Waals surface area contributed by atoms with Gasteiger partial charge >= 0.3 is 5.69 Å². The zero-order valence-electron chi connectivity index (χ0n) is 6.59. The Morgan fingerprint density at radius 3 is 2.92 bits per heavy atom. The summed E-state index contributed by atoms with van der Waals surface area (Å²) in [6, 6.07) is 0. The van der Waals surface area contributed by atoms with Gasteiger partial charge in [0.25, 0.3) is 0 Å². The zero-order chi connectivity index (χ0) is 8.55. The number of rotatable bonds is 1. The molecular formula is C7H8N4O. The number of nitrogens with zero attached hydrogens (tertiary/aromatic N) is 2. The summed E-state index contributed by atoms with van der Waals surface area (Å²) in [4.78, 5) is 24.1. The molecule has 12 heavy (non-hydrogen) atoms. The third-order valence-electron chi connectivity index (χ3n) is 1.65. The van der Waals surface area contributed by atoms with E-state index >= 15 is 0 Å². The zero-order valence-corrected chi connectivity index (χ0v) is 6.59. The molecule has 0 saturated carbocycles. The van der Waals surface area contributed by atoms with Crippen LogP contribution in [0.5, 0.6) is 0 Å². The Labute approximate surface area is 67.9 Å². The fourth-order valence-corrected chi connectivity index (χ4v) is 1.02. The number of H-pyrrole nitrogens is 2. The molecule has 62 valence electrons. The number of aromatic amines is 2. The van der Waals surface area contributed by atoms with Crippen molar-refractivity contribution in [3.63, 3.8) is 0 Å². The first-order chi connectivity index (χ1) is 5.79. The molecule has 0 aliphatic rings. The predicted octanol–water partition coefficient (Wildman–Crippen LogP) is 0.209. The van der Waals surface area contributed by atoms with E-state index in [0.717, 1.165) is 12.1 Å². The summed E-state index contributed by atoms with van der Waals surface area (Å²) in [7, 11) is 0. The van der Waals surface area contributed by atoms with E-state index < -0.39 is 0 Å². The molecular weight excluding hydrogens is 156 g/mol. The lowest BCUT2D eigenvalue weighted by atomic mass is 10.3. The van der Waals surface area contributed by atoms with E-state index in [1.165, 1.54) is 0 Å². The molecule has 0 amide bonds. The molecule has 5 nitrogen and oxygen atoms in total. The molecule has 2 rings (SSSR count). The largest absolute Gasteiger partial charge is 0.326 e. The van der Waals surface area contributed by atoms with Crippen LogP contribution in [0, 0.1) is 0 Å². The predicted molar refractivity (Wildman–Crippen MR) is 43.9 cm³/mol. The van der Waals surface area contributed by atoms with Gasteiger partial charge in [-0.1, -0.05) is 6.92 Å². The van der Waals surface area contributed by atoms with Crippen LogP contribution in [0.1, 0.15) is 12.6 Å². The van der Waals surface area contributed by atoms with Crippen molar-refractivity contribution in [3.8, 4) is 0 Å². The van der Waals surface area contributed by atoms with E-state index in [4.69, 9.17) is 0 Å². The van der Waals surface area contributed by atoms with Gasteiger partial charge < -0.3 is 0 Å². The van der Waals surface area contributed by atoms with Gasteiger partial charge in [-0.05, 0) is 6.42 Å². The number of aryl methyl sites for hydroxylation is 1. The molecule has 0 aliphatic heterocycles. The Balaban J connectivity index is 2.74. The molecule has 2 aromatic heterocycles. The lowest BCUT2D eigenvalue weighted by Crippen LogP contribution is -1.99. The van der Waals surface area contributed by atoms with Crippen molar-refractivity contribution in [2.45, 2.75) is 13.3 Å². The van der Waals surface area contributed by atoms with Crippen molar-refractivity contribution in [2.24, 2.45) is 0 Å². The van der Waals surface area contributed by atoms with Crippen molar-refractivity contribution in [3.05, 3.63) is 22.4 Å². The third-order valence-corrected chi connectivity index (χ3v) is 1.65. The molecule has 0 bridgehead atoms. The lowest BCUT2D eigenvalue weighted by Gasteiger charge is -1.92. The molecule has 0 aromatic carbocycles. The van der Waals surface area contributed by atoms with Gasteiger partial charge in [-0.3, -0.25) is 9.97 Å².